The van der Waals surface area contributed by atoms with E-state index in [0.717, 1.165) is 11.1 Å². The Morgan fingerprint density at radius 3 is 2.29 bits per heavy atom. The number of amides is 1. The maximum atomic E-state index is 13.4. The minimum Gasteiger partial charge on any atom is -0.345 e. The molecule has 0 unspecified atom stereocenters. The third-order valence-electron chi connectivity index (χ3n) is 5.64. The number of hydrogen-bond donors (Lipinski definition) is 1. The van der Waals surface area contributed by atoms with Crippen molar-refractivity contribution in [3.63, 3.8) is 0 Å². The predicted molar refractivity (Wildman–Crippen MR) is 128 cm³/mol. The smallest absolute Gasteiger partial charge is 0.265 e. The second kappa shape index (κ2) is 9.39. The van der Waals surface area contributed by atoms with Crippen LogP contribution < -0.4 is 10.9 Å². The normalized spacial score (nSPS) is 11.9. The van der Waals surface area contributed by atoms with Gasteiger partial charge in [0.2, 0.25) is 0 Å². The van der Waals surface area contributed by atoms with E-state index in [1.807, 2.05) is 13.0 Å². The molecule has 2 aromatic heterocycles. The number of carbonyl (C=O) groups is 1. The Morgan fingerprint density at radius 2 is 1.68 bits per heavy atom. The lowest BCUT2D eigenvalue weighted by atomic mass is 10.1. The monoisotopic (exact) mass is 459 g/mol. The van der Waals surface area contributed by atoms with Crippen molar-refractivity contribution in [1.29, 1.82) is 0 Å². The summed E-state index contributed by atoms with van der Waals surface area (Å²) in [6.07, 6.45) is 1.63. The number of rotatable bonds is 6. The molecule has 0 aliphatic carbocycles. The van der Waals surface area contributed by atoms with Crippen LogP contribution in [0.4, 0.5) is 8.78 Å². The van der Waals surface area contributed by atoms with Crippen LogP contribution in [-0.4, -0.2) is 15.5 Å². The maximum absolute atomic E-state index is 13.4. The molecule has 7 heteroatoms. The van der Waals surface area contributed by atoms with E-state index in [4.69, 9.17) is 0 Å². The van der Waals surface area contributed by atoms with Gasteiger partial charge >= 0.3 is 0 Å². The lowest BCUT2D eigenvalue weighted by Gasteiger charge is -2.16. The third-order valence-corrected chi connectivity index (χ3v) is 5.64. The molecule has 0 aliphatic rings. The van der Waals surface area contributed by atoms with Crippen molar-refractivity contribution >= 4 is 22.5 Å². The summed E-state index contributed by atoms with van der Waals surface area (Å²) in [6, 6.07) is 14.5. The van der Waals surface area contributed by atoms with Crippen molar-refractivity contribution in [2.75, 3.05) is 0 Å². The van der Waals surface area contributed by atoms with E-state index in [2.05, 4.69) is 16.9 Å². The first-order valence-electron chi connectivity index (χ1n) is 10.7. The number of benzene rings is 2. The summed E-state index contributed by atoms with van der Waals surface area (Å²) in [5.41, 5.74) is 2.80. The predicted octanol–water partition coefficient (Wildman–Crippen LogP) is 5.25. The SMILES string of the molecule is C=C(C)c1cnc2c(c1)cc(C(=O)N[C@H](C)c1ccc(F)cc1)c(=O)n2Cc1ccc(F)cc1. The zero-order valence-electron chi connectivity index (χ0n) is 18.8. The molecule has 0 bridgehead atoms. The molecule has 0 saturated heterocycles. The Kier molecular flexibility index (Phi) is 6.36. The van der Waals surface area contributed by atoms with Crippen molar-refractivity contribution in [2.45, 2.75) is 26.4 Å². The summed E-state index contributed by atoms with van der Waals surface area (Å²) in [6.45, 7) is 7.65. The van der Waals surface area contributed by atoms with E-state index in [0.29, 0.717) is 22.2 Å². The van der Waals surface area contributed by atoms with Gasteiger partial charge in [-0.25, -0.2) is 13.8 Å². The zero-order valence-corrected chi connectivity index (χ0v) is 18.8. The average Bonchev–Trinajstić information content (AvgIpc) is 2.81. The van der Waals surface area contributed by atoms with Crippen LogP contribution in [0.25, 0.3) is 16.6 Å². The summed E-state index contributed by atoms with van der Waals surface area (Å²) >= 11 is 0. The Morgan fingerprint density at radius 1 is 1.06 bits per heavy atom. The van der Waals surface area contributed by atoms with Crippen molar-refractivity contribution < 1.29 is 13.6 Å². The number of nitrogens with zero attached hydrogens (tertiary/aromatic N) is 2. The molecule has 0 radical (unpaired) electrons. The molecule has 0 saturated carbocycles. The van der Waals surface area contributed by atoms with Crippen molar-refractivity contribution in [1.82, 2.24) is 14.9 Å². The molecule has 34 heavy (non-hydrogen) atoms. The standard InChI is InChI=1S/C27H23F2N3O2/c1-16(2)21-12-20-13-24(26(33)31-17(3)19-6-10-23(29)11-7-19)27(34)32(25(20)30-14-21)15-18-4-8-22(28)9-5-18/h4-14,17H,1,15H2,2-3H3,(H,31,33)/t17-/m1/s1. The molecule has 4 rings (SSSR count). The van der Waals surface area contributed by atoms with Crippen molar-refractivity contribution in [2.24, 2.45) is 0 Å². The Labute approximate surface area is 195 Å². The van der Waals surface area contributed by atoms with Crippen molar-refractivity contribution in [3.8, 4) is 0 Å². The molecule has 172 valence electrons. The van der Waals surface area contributed by atoms with Gasteiger partial charge in [-0.1, -0.05) is 30.8 Å². The number of allylic oxidation sites excluding steroid dienone is 1. The van der Waals surface area contributed by atoms with Crippen LogP contribution in [0.5, 0.6) is 0 Å². The first-order chi connectivity index (χ1) is 16.2. The van der Waals surface area contributed by atoms with Gasteiger partial charge in [-0.2, -0.15) is 0 Å². The van der Waals surface area contributed by atoms with E-state index < -0.39 is 17.5 Å². The number of halogens is 2. The minimum atomic E-state index is -0.558. The molecule has 1 amide bonds. The summed E-state index contributed by atoms with van der Waals surface area (Å²) in [5.74, 6) is -1.31. The van der Waals surface area contributed by atoms with Crippen LogP contribution in [0.15, 0.2) is 78.2 Å². The fourth-order valence-electron chi connectivity index (χ4n) is 3.69. The van der Waals surface area contributed by atoms with E-state index >= 15 is 0 Å². The van der Waals surface area contributed by atoms with Crippen LogP contribution in [0.3, 0.4) is 0 Å². The van der Waals surface area contributed by atoms with Crippen LogP contribution >= 0.6 is 0 Å². The lowest BCUT2D eigenvalue weighted by Crippen LogP contribution is -2.35. The highest BCUT2D eigenvalue weighted by molar-refractivity contribution is 5.97. The molecule has 1 atom stereocenters. The Hall–Kier alpha value is -4.13. The van der Waals surface area contributed by atoms with Crippen LogP contribution in [-0.2, 0) is 6.54 Å². The van der Waals surface area contributed by atoms with Gasteiger partial charge in [0.25, 0.3) is 11.5 Å². The van der Waals surface area contributed by atoms with Crippen LogP contribution in [0.2, 0.25) is 0 Å². The largest absolute Gasteiger partial charge is 0.345 e. The second-order valence-corrected chi connectivity index (χ2v) is 8.24. The Bertz CT molecular complexity index is 1440. The van der Waals surface area contributed by atoms with E-state index in [9.17, 15) is 18.4 Å². The highest BCUT2D eigenvalue weighted by Crippen LogP contribution is 2.20. The molecule has 0 fully saturated rings. The molecule has 0 aliphatic heterocycles. The molecule has 5 nitrogen and oxygen atoms in total. The van der Waals surface area contributed by atoms with E-state index in [1.54, 1.807) is 37.4 Å². The highest BCUT2D eigenvalue weighted by atomic mass is 19.1. The maximum Gasteiger partial charge on any atom is 0.265 e. The van der Waals surface area contributed by atoms with Crippen LogP contribution in [0.1, 0.15) is 46.9 Å². The molecule has 1 N–H and O–H groups in total. The Balaban J connectivity index is 1.78. The van der Waals surface area contributed by atoms with Crippen LogP contribution in [0, 0.1) is 11.6 Å². The number of pyridine rings is 2. The van der Waals surface area contributed by atoms with Gasteiger partial charge in [0.15, 0.2) is 0 Å². The summed E-state index contributed by atoms with van der Waals surface area (Å²) in [5, 5.41) is 3.41. The van der Waals surface area contributed by atoms with Gasteiger partial charge in [-0.05, 0) is 72.5 Å². The number of carbonyl (C=O) groups excluding carboxylic acids is 1. The number of fused-ring (bicyclic) bond motifs is 1. The fourth-order valence-corrected chi connectivity index (χ4v) is 3.69. The van der Waals surface area contributed by atoms with Gasteiger partial charge in [0.1, 0.15) is 22.8 Å². The number of hydrogen-bond acceptors (Lipinski definition) is 3. The van der Waals surface area contributed by atoms with Gasteiger partial charge in [-0.3, -0.25) is 14.2 Å². The minimum absolute atomic E-state index is 0.0516. The highest BCUT2D eigenvalue weighted by Gasteiger charge is 2.19. The molecular formula is C27H23F2N3O2. The first-order valence-corrected chi connectivity index (χ1v) is 10.7. The van der Waals surface area contributed by atoms with Gasteiger partial charge < -0.3 is 5.32 Å². The molecule has 2 aromatic carbocycles. The van der Waals surface area contributed by atoms with Gasteiger partial charge in [-0.15, -0.1) is 0 Å². The summed E-state index contributed by atoms with van der Waals surface area (Å²) in [4.78, 5) is 31.0. The van der Waals surface area contributed by atoms with Gasteiger partial charge in [0, 0.05) is 11.6 Å². The first kappa shape index (κ1) is 23.0. The average molecular weight is 459 g/mol. The molecule has 0 spiro atoms. The topological polar surface area (TPSA) is 64.0 Å². The lowest BCUT2D eigenvalue weighted by molar-refractivity contribution is 0.0938. The third kappa shape index (κ3) is 4.78. The summed E-state index contributed by atoms with van der Waals surface area (Å²) < 4.78 is 28.0. The zero-order chi connectivity index (χ0) is 24.4. The number of nitrogens with one attached hydrogen (secondary N) is 1. The van der Waals surface area contributed by atoms with E-state index in [-0.39, 0.29) is 23.7 Å². The van der Waals surface area contributed by atoms with Gasteiger partial charge in [0.05, 0.1) is 12.6 Å². The van der Waals surface area contributed by atoms with Crippen molar-refractivity contribution in [3.05, 3.63) is 118 Å². The van der Waals surface area contributed by atoms with E-state index in [1.165, 1.54) is 34.9 Å². The summed E-state index contributed by atoms with van der Waals surface area (Å²) in [7, 11) is 0. The molecule has 4 aromatic rings. The quantitative estimate of drug-likeness (QED) is 0.429. The molecule has 2 heterocycles. The molecular weight excluding hydrogens is 436 g/mol. The second-order valence-electron chi connectivity index (χ2n) is 8.24. The number of aromatic nitrogens is 2. The fraction of sp³-hybridized carbons (Fsp3) is 0.148.